The second-order valence-electron chi connectivity index (χ2n) is 10.4. The number of β-lactam (4-membered cyclic amide) rings is 1. The quantitative estimate of drug-likeness (QED) is 0.212. The first kappa shape index (κ1) is 30.9. The minimum absolute atomic E-state index is 0.0225. The Balaban J connectivity index is 1.44. The van der Waals surface area contributed by atoms with Crippen LogP contribution < -0.4 is 9.88 Å². The van der Waals surface area contributed by atoms with E-state index < -0.39 is 41.2 Å². The number of carboxylic acid groups (broad SMARTS) is 1. The van der Waals surface area contributed by atoms with Gasteiger partial charge in [-0.1, -0.05) is 19.9 Å². The molecule has 2 amide bonds. The van der Waals surface area contributed by atoms with Crippen molar-refractivity contribution >= 4 is 35.5 Å². The number of pyridine rings is 1. The zero-order valence-corrected chi connectivity index (χ0v) is 24.8. The van der Waals surface area contributed by atoms with Crippen LogP contribution in [0.1, 0.15) is 20.3 Å². The minimum Gasteiger partial charge on any atom is -0.477 e. The number of thioether (sulfide) groups is 1. The average molecular weight is 590 g/mol. The fourth-order valence-electron chi connectivity index (χ4n) is 5.57. The number of nitrogens with one attached hydrogen (secondary N) is 1. The van der Waals surface area contributed by atoms with Gasteiger partial charge in [-0.25, -0.2) is 9.36 Å². The third-order valence-electron chi connectivity index (χ3n) is 8.04. The van der Waals surface area contributed by atoms with Crippen LogP contribution >= 0.6 is 11.8 Å². The minimum atomic E-state index is -1.17. The monoisotopic (exact) mass is 589 g/mol. The van der Waals surface area contributed by atoms with Gasteiger partial charge >= 0.3 is 11.9 Å². The smallest absolute Gasteiger partial charge is 0.352 e. The fraction of sp³-hybridized carbons (Fsp3) is 0.607. The molecule has 1 aromatic rings. The Morgan fingerprint density at radius 2 is 1.66 bits per heavy atom. The maximum atomic E-state index is 13.2. The lowest BCUT2D eigenvalue weighted by Crippen LogP contribution is -2.71. The molecule has 2 N–H and O–H groups in total. The molecule has 4 heterocycles. The number of aliphatic carboxylic acids is 1. The molecule has 0 saturated carbocycles. The van der Waals surface area contributed by atoms with Gasteiger partial charge in [-0.2, -0.15) is 0 Å². The fourth-order valence-corrected chi connectivity index (χ4v) is 6.91. The van der Waals surface area contributed by atoms with Gasteiger partial charge in [-0.05, 0) is 13.1 Å². The molecule has 0 spiro atoms. The third-order valence-corrected chi connectivity index (χ3v) is 9.38. The van der Waals surface area contributed by atoms with Crippen molar-refractivity contribution in [3.05, 3.63) is 41.9 Å². The number of amides is 2. The Bertz CT molecular complexity index is 1130. The number of carboxylic acids is 1. The van der Waals surface area contributed by atoms with E-state index in [0.29, 0.717) is 31.0 Å². The molecule has 12 nitrogen and oxygen atoms in total. The largest absolute Gasteiger partial charge is 0.477 e. The number of nitrogens with zero attached hydrogens (tertiary/aromatic N) is 5. The number of aromatic nitrogens is 1. The van der Waals surface area contributed by atoms with Crippen LogP contribution in [0.3, 0.4) is 0 Å². The van der Waals surface area contributed by atoms with Gasteiger partial charge in [-0.15, -0.1) is 11.8 Å². The number of methoxy groups -OCH3 is 1. The van der Waals surface area contributed by atoms with Gasteiger partial charge in [-0.3, -0.25) is 24.2 Å². The molecule has 13 heteroatoms. The summed E-state index contributed by atoms with van der Waals surface area (Å²) >= 11 is 1.43. The second kappa shape index (κ2) is 14.3. The van der Waals surface area contributed by atoms with Crippen LogP contribution in [0.4, 0.5) is 0 Å². The number of fused-ring (bicyclic) bond motifs is 1. The standard InChI is InChI=1S/C28H40N6O6S/c1-4-30-11-12-31(5-2)14-16-33(15-13-30)21(28(39)40-3)17-22(35)29-23-25(36)34-24(27(37)38)20(19-41-26(23)34)18-32-9-7-6-8-10-32/h6-10,21,23,26H,4-5,11-19H2,1-3H3,(H-,29,35,37,38)/p+1. The van der Waals surface area contributed by atoms with Crippen molar-refractivity contribution in [2.24, 2.45) is 0 Å². The maximum Gasteiger partial charge on any atom is 0.352 e. The molecular formula is C28H41N6O6S+. The molecule has 2 fully saturated rings. The number of carbonyl (C=O) groups is 4. The predicted octanol–water partition coefficient (Wildman–Crippen LogP) is -0.396. The van der Waals surface area contributed by atoms with Crippen molar-refractivity contribution in [3.63, 3.8) is 0 Å². The van der Waals surface area contributed by atoms with Crippen molar-refractivity contribution in [3.8, 4) is 0 Å². The zero-order valence-electron chi connectivity index (χ0n) is 24.0. The molecule has 2 saturated heterocycles. The maximum absolute atomic E-state index is 13.2. The number of likely N-dealkylation sites (N-methyl/N-ethyl adjacent to an activating group) is 2. The van der Waals surface area contributed by atoms with Crippen LogP contribution in [-0.4, -0.2) is 131 Å². The molecule has 0 bridgehead atoms. The zero-order chi connectivity index (χ0) is 29.5. The van der Waals surface area contributed by atoms with Crippen molar-refractivity contribution < 1.29 is 33.6 Å². The molecular weight excluding hydrogens is 548 g/mol. The summed E-state index contributed by atoms with van der Waals surface area (Å²) in [4.78, 5) is 59.4. The molecule has 0 radical (unpaired) electrons. The van der Waals surface area contributed by atoms with Crippen LogP contribution in [0, 0.1) is 0 Å². The van der Waals surface area contributed by atoms with Gasteiger partial charge in [0.05, 0.1) is 13.5 Å². The molecule has 0 aromatic carbocycles. The Hall–Kier alpha value is -3.00. The summed E-state index contributed by atoms with van der Waals surface area (Å²) in [6, 6.07) is 3.95. The van der Waals surface area contributed by atoms with Crippen molar-refractivity contribution in [1.82, 2.24) is 24.9 Å². The van der Waals surface area contributed by atoms with Gasteiger partial charge < -0.3 is 25.0 Å². The highest BCUT2D eigenvalue weighted by molar-refractivity contribution is 8.00. The van der Waals surface area contributed by atoms with E-state index in [2.05, 4.69) is 29.0 Å². The molecule has 1 aromatic heterocycles. The molecule has 3 atom stereocenters. The first-order valence-electron chi connectivity index (χ1n) is 14.2. The Labute approximate surface area is 245 Å². The molecule has 3 unspecified atom stereocenters. The lowest BCUT2D eigenvalue weighted by atomic mass is 10.0. The summed E-state index contributed by atoms with van der Waals surface area (Å²) in [5.74, 6) is -2.13. The highest BCUT2D eigenvalue weighted by Crippen LogP contribution is 2.40. The highest BCUT2D eigenvalue weighted by Gasteiger charge is 2.54. The summed E-state index contributed by atoms with van der Waals surface area (Å²) in [5, 5.41) is 12.2. The van der Waals surface area contributed by atoms with Crippen molar-refractivity contribution in [1.29, 1.82) is 0 Å². The second-order valence-corrected chi connectivity index (χ2v) is 11.5. The van der Waals surface area contributed by atoms with E-state index in [1.54, 1.807) is 0 Å². The number of hydrogen-bond acceptors (Lipinski definition) is 9. The molecule has 0 aliphatic carbocycles. The molecule has 3 aliphatic rings. The normalized spacial score (nSPS) is 23.5. The van der Waals surface area contributed by atoms with Crippen LogP contribution in [0.2, 0.25) is 0 Å². The summed E-state index contributed by atoms with van der Waals surface area (Å²) in [7, 11) is 1.32. The van der Waals surface area contributed by atoms with E-state index >= 15 is 0 Å². The van der Waals surface area contributed by atoms with Crippen LogP contribution in [-0.2, 0) is 30.5 Å². The highest BCUT2D eigenvalue weighted by atomic mass is 32.2. The van der Waals surface area contributed by atoms with E-state index in [-0.39, 0.29) is 12.1 Å². The molecule has 41 heavy (non-hydrogen) atoms. The first-order chi connectivity index (χ1) is 19.8. The molecule has 4 rings (SSSR count). The number of ether oxygens (including phenoxy) is 1. The lowest BCUT2D eigenvalue weighted by Gasteiger charge is -2.49. The van der Waals surface area contributed by atoms with Crippen LogP contribution in [0.25, 0.3) is 0 Å². The number of carbonyl (C=O) groups excluding carboxylic acids is 3. The van der Waals surface area contributed by atoms with Crippen molar-refractivity contribution in [2.75, 3.05) is 65.2 Å². The van der Waals surface area contributed by atoms with Gasteiger partial charge in [0.15, 0.2) is 18.9 Å². The number of esters is 1. The Morgan fingerprint density at radius 1 is 1.05 bits per heavy atom. The van der Waals surface area contributed by atoms with E-state index in [1.807, 2.05) is 40.1 Å². The van der Waals surface area contributed by atoms with Gasteiger partial charge in [0.25, 0.3) is 5.91 Å². The SMILES string of the molecule is CCN1CCN(CC)CCN(C(CC(=O)NC2C(=O)N3C(C(=O)O)=C(C[n+]4ccccc4)CSC23)C(=O)OC)CC1. The molecule has 3 aliphatic heterocycles. The summed E-state index contributed by atoms with van der Waals surface area (Å²) in [6.45, 7) is 11.0. The average Bonchev–Trinajstić information content (AvgIpc) is 3.08. The van der Waals surface area contributed by atoms with E-state index in [0.717, 1.165) is 39.3 Å². The lowest BCUT2D eigenvalue weighted by molar-refractivity contribution is -0.689. The summed E-state index contributed by atoms with van der Waals surface area (Å²) < 4.78 is 6.95. The van der Waals surface area contributed by atoms with E-state index in [9.17, 15) is 24.3 Å². The summed E-state index contributed by atoms with van der Waals surface area (Å²) in [6.07, 6.45) is 3.54. The van der Waals surface area contributed by atoms with E-state index in [1.165, 1.54) is 23.8 Å². The van der Waals surface area contributed by atoms with Gasteiger partial charge in [0.2, 0.25) is 5.91 Å². The predicted molar refractivity (Wildman–Crippen MR) is 153 cm³/mol. The number of hydrogen-bond donors (Lipinski definition) is 2. The number of rotatable bonds is 10. The Morgan fingerprint density at radius 3 is 2.22 bits per heavy atom. The Kier molecular flexibility index (Phi) is 10.8. The molecule has 224 valence electrons. The van der Waals surface area contributed by atoms with E-state index in [4.69, 9.17) is 4.74 Å². The van der Waals surface area contributed by atoms with Gasteiger partial charge in [0.1, 0.15) is 23.2 Å². The topological polar surface area (TPSA) is 127 Å². The summed E-state index contributed by atoms with van der Waals surface area (Å²) in [5.41, 5.74) is 0.611. The van der Waals surface area contributed by atoms with Crippen LogP contribution in [0.15, 0.2) is 41.9 Å². The van der Waals surface area contributed by atoms with Crippen molar-refractivity contribution in [2.45, 2.75) is 44.3 Å². The van der Waals surface area contributed by atoms with Gasteiger partial charge in [0, 0.05) is 62.7 Å². The van der Waals surface area contributed by atoms with Crippen LogP contribution in [0.5, 0.6) is 0 Å². The first-order valence-corrected chi connectivity index (χ1v) is 15.2. The third kappa shape index (κ3) is 7.26.